The zero-order chi connectivity index (χ0) is 26.8. The number of rotatable bonds is 7. The standard InChI is InChI=1S/C29H26N6O4/c1-37-22-11-5-19(6-12-22)17-34-18-23(39-25-4-3-15-30-28(25)34)16-27-32-31-26-14-13-24(33-35(26)27)20-7-9-21(10-8-20)29(36)38-2/h3-15,23H,16-18H2,1-2H3. The number of aromatic nitrogens is 5. The van der Waals surface area contributed by atoms with Crippen LogP contribution in [-0.4, -0.2) is 57.6 Å². The maximum absolute atomic E-state index is 11.8. The Hall–Kier alpha value is -4.99. The predicted octanol–water partition coefficient (Wildman–Crippen LogP) is 3.99. The molecule has 2 aromatic carbocycles. The number of methoxy groups -OCH3 is 2. The third kappa shape index (κ3) is 4.96. The van der Waals surface area contributed by atoms with Gasteiger partial charge in [-0.1, -0.05) is 24.3 Å². The predicted molar refractivity (Wildman–Crippen MR) is 144 cm³/mol. The van der Waals surface area contributed by atoms with E-state index in [9.17, 15) is 4.79 Å². The van der Waals surface area contributed by atoms with Crippen LogP contribution in [0.15, 0.2) is 79.0 Å². The van der Waals surface area contributed by atoms with E-state index >= 15 is 0 Å². The molecule has 6 rings (SSSR count). The summed E-state index contributed by atoms with van der Waals surface area (Å²) in [6.07, 6.45) is 2.10. The summed E-state index contributed by atoms with van der Waals surface area (Å²) in [5.41, 5.74) is 3.87. The Labute approximate surface area is 224 Å². The lowest BCUT2D eigenvalue weighted by Crippen LogP contribution is -2.41. The fourth-order valence-corrected chi connectivity index (χ4v) is 4.67. The van der Waals surface area contributed by atoms with Gasteiger partial charge in [-0.3, -0.25) is 0 Å². The van der Waals surface area contributed by atoms with Gasteiger partial charge in [0, 0.05) is 24.7 Å². The van der Waals surface area contributed by atoms with Crippen molar-refractivity contribution in [1.29, 1.82) is 0 Å². The van der Waals surface area contributed by atoms with Crippen LogP contribution in [0.4, 0.5) is 5.82 Å². The summed E-state index contributed by atoms with van der Waals surface area (Å²) in [5, 5.41) is 13.5. The monoisotopic (exact) mass is 522 g/mol. The van der Waals surface area contributed by atoms with Crippen LogP contribution in [0.1, 0.15) is 21.7 Å². The number of pyridine rings is 1. The number of benzene rings is 2. The summed E-state index contributed by atoms with van der Waals surface area (Å²) in [6.45, 7) is 1.30. The second-order valence-electron chi connectivity index (χ2n) is 9.17. The summed E-state index contributed by atoms with van der Waals surface area (Å²) in [5.74, 6) is 2.68. The molecule has 196 valence electrons. The third-order valence-electron chi connectivity index (χ3n) is 6.64. The van der Waals surface area contributed by atoms with E-state index in [-0.39, 0.29) is 12.1 Å². The number of anilines is 1. The average Bonchev–Trinajstić information content (AvgIpc) is 3.39. The Morgan fingerprint density at radius 3 is 2.59 bits per heavy atom. The van der Waals surface area contributed by atoms with Gasteiger partial charge in [0.2, 0.25) is 0 Å². The molecule has 1 atom stereocenters. The molecule has 3 aromatic heterocycles. The molecule has 0 spiro atoms. The van der Waals surface area contributed by atoms with Crippen molar-refractivity contribution in [3.8, 4) is 22.8 Å². The van der Waals surface area contributed by atoms with Gasteiger partial charge in [0.05, 0.1) is 32.0 Å². The third-order valence-corrected chi connectivity index (χ3v) is 6.64. The minimum atomic E-state index is -0.378. The molecule has 0 radical (unpaired) electrons. The van der Waals surface area contributed by atoms with Crippen molar-refractivity contribution < 1.29 is 19.0 Å². The topological polar surface area (TPSA) is 104 Å². The van der Waals surface area contributed by atoms with Gasteiger partial charge in [-0.05, 0) is 54.1 Å². The summed E-state index contributed by atoms with van der Waals surface area (Å²) in [4.78, 5) is 18.6. The fourth-order valence-electron chi connectivity index (χ4n) is 4.67. The first-order chi connectivity index (χ1) is 19.1. The van der Waals surface area contributed by atoms with Crippen LogP contribution in [-0.2, 0) is 17.7 Å². The first-order valence-corrected chi connectivity index (χ1v) is 12.5. The minimum absolute atomic E-state index is 0.183. The lowest BCUT2D eigenvalue weighted by Gasteiger charge is -2.35. The van der Waals surface area contributed by atoms with Gasteiger partial charge < -0.3 is 19.1 Å². The van der Waals surface area contributed by atoms with Gasteiger partial charge in [-0.15, -0.1) is 10.2 Å². The molecule has 0 aliphatic carbocycles. The highest BCUT2D eigenvalue weighted by molar-refractivity contribution is 5.89. The second-order valence-corrected chi connectivity index (χ2v) is 9.17. The zero-order valence-electron chi connectivity index (χ0n) is 21.5. The van der Waals surface area contributed by atoms with Crippen LogP contribution >= 0.6 is 0 Å². The van der Waals surface area contributed by atoms with Crippen LogP contribution in [0, 0.1) is 0 Å². The molecule has 0 N–H and O–H groups in total. The molecular weight excluding hydrogens is 496 g/mol. The van der Waals surface area contributed by atoms with E-state index in [0.29, 0.717) is 36.5 Å². The van der Waals surface area contributed by atoms with E-state index in [2.05, 4.69) is 32.2 Å². The van der Waals surface area contributed by atoms with Gasteiger partial charge in [-0.2, -0.15) is 9.61 Å². The highest BCUT2D eigenvalue weighted by Crippen LogP contribution is 2.33. The lowest BCUT2D eigenvalue weighted by molar-refractivity contribution is 0.0600. The number of hydrogen-bond donors (Lipinski definition) is 0. The van der Waals surface area contributed by atoms with E-state index in [4.69, 9.17) is 19.3 Å². The van der Waals surface area contributed by atoms with E-state index in [1.54, 1.807) is 30.0 Å². The van der Waals surface area contributed by atoms with Crippen molar-refractivity contribution in [2.45, 2.75) is 19.1 Å². The largest absolute Gasteiger partial charge is 0.497 e. The first-order valence-electron chi connectivity index (χ1n) is 12.5. The number of fused-ring (bicyclic) bond motifs is 2. The molecule has 0 amide bonds. The molecule has 1 aliphatic rings. The first kappa shape index (κ1) is 24.4. The molecule has 10 heteroatoms. The SMILES string of the molecule is COC(=O)c1ccc(-c2ccc3nnc(CC4CN(Cc5ccc(OC)cc5)c5ncccc5O4)n3n2)cc1. The summed E-state index contributed by atoms with van der Waals surface area (Å²) >= 11 is 0. The number of esters is 1. The van der Waals surface area contributed by atoms with Crippen LogP contribution in [0.5, 0.6) is 11.5 Å². The molecule has 0 fully saturated rings. The molecule has 1 aliphatic heterocycles. The number of nitrogens with zero attached hydrogens (tertiary/aromatic N) is 6. The normalized spacial score (nSPS) is 14.5. The maximum Gasteiger partial charge on any atom is 0.337 e. The Morgan fingerprint density at radius 2 is 1.82 bits per heavy atom. The van der Waals surface area contributed by atoms with Crippen molar-refractivity contribution >= 4 is 17.4 Å². The highest BCUT2D eigenvalue weighted by atomic mass is 16.5. The summed E-state index contributed by atoms with van der Waals surface area (Å²) in [6, 6.07) is 22.7. The van der Waals surface area contributed by atoms with E-state index in [0.717, 1.165) is 34.1 Å². The molecule has 0 saturated carbocycles. The van der Waals surface area contributed by atoms with Crippen LogP contribution in [0.25, 0.3) is 16.9 Å². The molecule has 0 bridgehead atoms. The second kappa shape index (κ2) is 10.4. The van der Waals surface area contributed by atoms with Crippen molar-refractivity contribution in [1.82, 2.24) is 24.8 Å². The van der Waals surface area contributed by atoms with Crippen molar-refractivity contribution in [3.63, 3.8) is 0 Å². The Kier molecular flexibility index (Phi) is 6.50. The Morgan fingerprint density at radius 1 is 1.00 bits per heavy atom. The Balaban J connectivity index is 1.25. The van der Waals surface area contributed by atoms with Gasteiger partial charge in [0.1, 0.15) is 11.9 Å². The van der Waals surface area contributed by atoms with Crippen molar-refractivity contribution in [2.75, 3.05) is 25.7 Å². The molecule has 0 saturated heterocycles. The van der Waals surface area contributed by atoms with Crippen molar-refractivity contribution in [2.24, 2.45) is 0 Å². The van der Waals surface area contributed by atoms with Crippen molar-refractivity contribution in [3.05, 3.63) is 95.9 Å². The molecule has 1 unspecified atom stereocenters. The van der Waals surface area contributed by atoms with E-state index in [1.165, 1.54) is 7.11 Å². The summed E-state index contributed by atoms with van der Waals surface area (Å²) in [7, 11) is 3.03. The number of carbonyl (C=O) groups is 1. The molecule has 10 nitrogen and oxygen atoms in total. The van der Waals surface area contributed by atoms with Gasteiger partial charge in [0.25, 0.3) is 0 Å². The smallest absolute Gasteiger partial charge is 0.337 e. The lowest BCUT2D eigenvalue weighted by atomic mass is 10.1. The number of carbonyl (C=O) groups excluding carboxylic acids is 1. The average molecular weight is 523 g/mol. The van der Waals surface area contributed by atoms with Gasteiger partial charge in [-0.25, -0.2) is 9.78 Å². The maximum atomic E-state index is 11.8. The van der Waals surface area contributed by atoms with Crippen LogP contribution in [0.2, 0.25) is 0 Å². The minimum Gasteiger partial charge on any atom is -0.497 e. The number of ether oxygens (including phenoxy) is 3. The molecule has 39 heavy (non-hydrogen) atoms. The van der Waals surface area contributed by atoms with Gasteiger partial charge >= 0.3 is 5.97 Å². The molecule has 5 aromatic rings. The summed E-state index contributed by atoms with van der Waals surface area (Å²) < 4.78 is 18.2. The Bertz CT molecular complexity index is 1620. The van der Waals surface area contributed by atoms with E-state index < -0.39 is 0 Å². The zero-order valence-corrected chi connectivity index (χ0v) is 21.5. The van der Waals surface area contributed by atoms with Crippen LogP contribution in [0.3, 0.4) is 0 Å². The highest BCUT2D eigenvalue weighted by Gasteiger charge is 2.28. The van der Waals surface area contributed by atoms with Crippen LogP contribution < -0.4 is 14.4 Å². The molecule has 4 heterocycles. The van der Waals surface area contributed by atoms with E-state index in [1.807, 2.05) is 48.5 Å². The number of hydrogen-bond acceptors (Lipinski definition) is 9. The fraction of sp³-hybridized carbons (Fsp3) is 0.207. The molecular formula is C29H26N6O4. The van der Waals surface area contributed by atoms with Gasteiger partial charge in [0.15, 0.2) is 23.0 Å². The quantitative estimate of drug-likeness (QED) is 0.294.